The third-order valence-corrected chi connectivity index (χ3v) is 3.70. The third-order valence-electron chi connectivity index (χ3n) is 3.70. The summed E-state index contributed by atoms with van der Waals surface area (Å²) in [5, 5.41) is 0. The first kappa shape index (κ1) is 18.3. The number of hydrogen-bond acceptors (Lipinski definition) is 5. The molecule has 0 aliphatic rings. The Hall–Kier alpha value is -3.02. The summed E-state index contributed by atoms with van der Waals surface area (Å²) in [4.78, 5) is 18.1. The zero-order chi connectivity index (χ0) is 18.4. The number of aromatic nitrogens is 1. The van der Waals surface area contributed by atoms with Crippen molar-refractivity contribution in [3.05, 3.63) is 47.8 Å². The van der Waals surface area contributed by atoms with Crippen LogP contribution in [-0.2, 0) is 4.79 Å². The lowest BCUT2D eigenvalue weighted by Gasteiger charge is -2.15. The molecule has 0 saturated heterocycles. The number of aryl methyl sites for hydroxylation is 1. The number of hydrogen-bond donors (Lipinski definition) is 0. The fourth-order valence-electron chi connectivity index (χ4n) is 2.34. The Bertz CT molecular complexity index is 762. The third kappa shape index (κ3) is 4.29. The van der Waals surface area contributed by atoms with Gasteiger partial charge < -0.3 is 19.1 Å². The van der Waals surface area contributed by atoms with Crippen LogP contribution in [0.2, 0.25) is 0 Å². The number of rotatable bonds is 6. The predicted octanol–water partition coefficient (Wildman–Crippen LogP) is 3.09. The Morgan fingerprint density at radius 2 is 1.72 bits per heavy atom. The molecular formula is C19H22N2O4. The van der Waals surface area contributed by atoms with Gasteiger partial charge in [0.05, 0.1) is 21.3 Å². The number of nitrogens with zero attached hydrogens (tertiary/aromatic N) is 2. The molecule has 6 nitrogen and oxygen atoms in total. The summed E-state index contributed by atoms with van der Waals surface area (Å²) in [6.07, 6.45) is 4.88. The van der Waals surface area contributed by atoms with E-state index in [1.807, 2.05) is 13.0 Å². The number of carbonyl (C=O) groups excluding carboxylic acids is 1. The number of pyridine rings is 1. The highest BCUT2D eigenvalue weighted by molar-refractivity contribution is 6.03. The number of anilines is 1. The number of likely N-dealkylation sites (N-methyl/N-ethyl adjacent to an activating group) is 1. The molecule has 2 rings (SSSR count). The highest BCUT2D eigenvalue weighted by Gasteiger charge is 2.13. The maximum absolute atomic E-state index is 12.4. The van der Waals surface area contributed by atoms with Gasteiger partial charge in [-0.05, 0) is 42.8 Å². The summed E-state index contributed by atoms with van der Waals surface area (Å²) in [6.45, 7) is 1.88. The van der Waals surface area contributed by atoms with E-state index in [9.17, 15) is 4.79 Å². The van der Waals surface area contributed by atoms with E-state index in [0.717, 1.165) is 16.9 Å². The molecule has 1 aromatic carbocycles. The van der Waals surface area contributed by atoms with Gasteiger partial charge in [-0.3, -0.25) is 9.78 Å². The van der Waals surface area contributed by atoms with Crippen molar-refractivity contribution in [1.29, 1.82) is 0 Å². The number of carbonyl (C=O) groups is 1. The second-order valence-electron chi connectivity index (χ2n) is 5.34. The number of ether oxygens (including phenoxy) is 3. The monoisotopic (exact) mass is 342 g/mol. The Morgan fingerprint density at radius 3 is 2.24 bits per heavy atom. The fourth-order valence-corrected chi connectivity index (χ4v) is 2.34. The standard InChI is InChI=1S/C19H22N2O4/c1-13-10-15(8-9-20-13)21(2)18(22)7-6-14-11-16(23-3)19(25-5)17(12-14)24-4/h6-12H,1-5H3/b7-6+. The molecule has 25 heavy (non-hydrogen) atoms. The van der Waals surface area contributed by atoms with Crippen molar-refractivity contribution in [3.8, 4) is 17.2 Å². The van der Waals surface area contributed by atoms with Gasteiger partial charge in [0.25, 0.3) is 5.91 Å². The van der Waals surface area contributed by atoms with E-state index in [1.54, 1.807) is 63.7 Å². The van der Waals surface area contributed by atoms with Gasteiger partial charge in [-0.25, -0.2) is 0 Å². The van der Waals surface area contributed by atoms with Crippen LogP contribution >= 0.6 is 0 Å². The molecule has 6 heteroatoms. The largest absolute Gasteiger partial charge is 0.493 e. The van der Waals surface area contributed by atoms with Crippen LogP contribution in [0.1, 0.15) is 11.3 Å². The molecule has 0 bridgehead atoms. The van der Waals surface area contributed by atoms with Crippen molar-refractivity contribution in [2.45, 2.75) is 6.92 Å². The van der Waals surface area contributed by atoms with Gasteiger partial charge in [-0.15, -0.1) is 0 Å². The van der Waals surface area contributed by atoms with Gasteiger partial charge >= 0.3 is 0 Å². The quantitative estimate of drug-likeness (QED) is 0.755. The first-order valence-corrected chi connectivity index (χ1v) is 7.68. The zero-order valence-corrected chi connectivity index (χ0v) is 15.1. The highest BCUT2D eigenvalue weighted by Crippen LogP contribution is 2.38. The number of benzene rings is 1. The summed E-state index contributed by atoms with van der Waals surface area (Å²) in [6, 6.07) is 7.20. The molecule has 0 saturated carbocycles. The topological polar surface area (TPSA) is 60.9 Å². The molecule has 0 aliphatic heterocycles. The van der Waals surface area contributed by atoms with Gasteiger partial charge in [-0.1, -0.05) is 0 Å². The molecule has 0 atom stereocenters. The highest BCUT2D eigenvalue weighted by atomic mass is 16.5. The normalized spacial score (nSPS) is 10.6. The molecule has 0 spiro atoms. The summed E-state index contributed by atoms with van der Waals surface area (Å²) < 4.78 is 15.9. The lowest BCUT2D eigenvalue weighted by molar-refractivity contribution is -0.113. The molecule has 0 fully saturated rings. The Kier molecular flexibility index (Phi) is 6.00. The van der Waals surface area contributed by atoms with E-state index in [1.165, 1.54) is 6.08 Å². The van der Waals surface area contributed by atoms with Crippen LogP contribution < -0.4 is 19.1 Å². The fraction of sp³-hybridized carbons (Fsp3) is 0.263. The van der Waals surface area contributed by atoms with Crippen molar-refractivity contribution in [1.82, 2.24) is 4.98 Å². The van der Waals surface area contributed by atoms with Gasteiger partial charge in [-0.2, -0.15) is 0 Å². The van der Waals surface area contributed by atoms with Crippen molar-refractivity contribution < 1.29 is 19.0 Å². The maximum atomic E-state index is 12.4. The van der Waals surface area contributed by atoms with Crippen LogP contribution in [0.4, 0.5) is 5.69 Å². The molecule has 1 aromatic heterocycles. The predicted molar refractivity (Wildman–Crippen MR) is 97.5 cm³/mol. The average Bonchev–Trinajstić information content (AvgIpc) is 2.64. The summed E-state index contributed by atoms with van der Waals surface area (Å²) in [5.74, 6) is 1.43. The zero-order valence-electron chi connectivity index (χ0n) is 15.1. The lowest BCUT2D eigenvalue weighted by Crippen LogP contribution is -2.24. The summed E-state index contributed by atoms with van der Waals surface area (Å²) >= 11 is 0. The molecule has 0 N–H and O–H groups in total. The van der Waals surface area contributed by atoms with Crippen molar-refractivity contribution >= 4 is 17.7 Å². The van der Waals surface area contributed by atoms with Crippen molar-refractivity contribution in [3.63, 3.8) is 0 Å². The Labute approximate surface area is 147 Å². The van der Waals surface area contributed by atoms with E-state index < -0.39 is 0 Å². The van der Waals surface area contributed by atoms with Gasteiger partial charge in [0, 0.05) is 30.7 Å². The maximum Gasteiger partial charge on any atom is 0.250 e. The molecule has 0 unspecified atom stereocenters. The van der Waals surface area contributed by atoms with Crippen LogP contribution in [0.3, 0.4) is 0 Å². The Morgan fingerprint density at radius 1 is 1.08 bits per heavy atom. The lowest BCUT2D eigenvalue weighted by atomic mass is 10.1. The minimum atomic E-state index is -0.153. The minimum Gasteiger partial charge on any atom is -0.493 e. The first-order valence-electron chi connectivity index (χ1n) is 7.68. The van der Waals surface area contributed by atoms with E-state index in [-0.39, 0.29) is 5.91 Å². The molecule has 1 heterocycles. The minimum absolute atomic E-state index is 0.153. The van der Waals surface area contributed by atoms with Crippen LogP contribution in [0.15, 0.2) is 36.5 Å². The Balaban J connectivity index is 2.24. The van der Waals surface area contributed by atoms with Crippen LogP contribution in [-0.4, -0.2) is 39.3 Å². The first-order chi connectivity index (χ1) is 12.0. The molecule has 2 aromatic rings. The molecule has 132 valence electrons. The van der Waals surface area contributed by atoms with Gasteiger partial charge in [0.1, 0.15) is 0 Å². The summed E-state index contributed by atoms with van der Waals surface area (Å²) in [7, 11) is 6.37. The molecule has 0 aliphatic carbocycles. The van der Waals surface area contributed by atoms with E-state index in [2.05, 4.69) is 4.98 Å². The number of amides is 1. The van der Waals surface area contributed by atoms with Crippen molar-refractivity contribution in [2.24, 2.45) is 0 Å². The van der Waals surface area contributed by atoms with Crippen molar-refractivity contribution in [2.75, 3.05) is 33.3 Å². The molecular weight excluding hydrogens is 320 g/mol. The van der Waals surface area contributed by atoms with Gasteiger partial charge in [0.15, 0.2) is 11.5 Å². The SMILES string of the molecule is COc1cc(/C=C/C(=O)N(C)c2ccnc(C)c2)cc(OC)c1OC. The van der Waals surface area contributed by atoms with Gasteiger partial charge in [0.2, 0.25) is 5.75 Å². The average molecular weight is 342 g/mol. The van der Waals surface area contributed by atoms with E-state index in [4.69, 9.17) is 14.2 Å². The van der Waals surface area contributed by atoms with E-state index >= 15 is 0 Å². The van der Waals surface area contributed by atoms with E-state index in [0.29, 0.717) is 17.2 Å². The smallest absolute Gasteiger partial charge is 0.250 e. The summed E-state index contributed by atoms with van der Waals surface area (Å²) in [5.41, 5.74) is 2.40. The second kappa shape index (κ2) is 8.19. The number of methoxy groups -OCH3 is 3. The molecule has 1 amide bonds. The van der Waals surface area contributed by atoms with Crippen LogP contribution in [0.5, 0.6) is 17.2 Å². The van der Waals surface area contributed by atoms with Crippen LogP contribution in [0, 0.1) is 6.92 Å². The van der Waals surface area contributed by atoms with Crippen LogP contribution in [0.25, 0.3) is 6.08 Å². The molecule has 0 radical (unpaired) electrons. The second-order valence-corrected chi connectivity index (χ2v) is 5.34.